The summed E-state index contributed by atoms with van der Waals surface area (Å²) in [7, 11) is 1.55. The Bertz CT molecular complexity index is 942. The zero-order chi connectivity index (χ0) is 20.6. The molecule has 154 valence electrons. The first-order valence-electron chi connectivity index (χ1n) is 9.55. The van der Waals surface area contributed by atoms with E-state index in [1.165, 1.54) is 10.9 Å². The lowest BCUT2D eigenvalue weighted by Crippen LogP contribution is -2.49. The van der Waals surface area contributed by atoms with Crippen LogP contribution in [0.2, 0.25) is 0 Å². The molecule has 0 radical (unpaired) electrons. The number of hydrogen-bond donors (Lipinski definition) is 2. The first-order valence-corrected chi connectivity index (χ1v) is 9.55. The van der Waals surface area contributed by atoms with Crippen LogP contribution in [-0.4, -0.2) is 66.2 Å². The number of methoxy groups -OCH3 is 1. The minimum absolute atomic E-state index is 0.240. The van der Waals surface area contributed by atoms with Gasteiger partial charge in [-0.1, -0.05) is 12.0 Å². The van der Waals surface area contributed by atoms with Crippen molar-refractivity contribution >= 4 is 11.4 Å². The van der Waals surface area contributed by atoms with E-state index in [1.54, 1.807) is 26.3 Å². The minimum Gasteiger partial charge on any atom is -0.481 e. The Morgan fingerprint density at radius 1 is 1.38 bits per heavy atom. The maximum atomic E-state index is 13.3. The normalized spacial score (nSPS) is 14.1. The molecule has 0 bridgehead atoms. The Labute approximate surface area is 170 Å². The smallest absolute Gasteiger partial charge is 0.292 e. The molecular formula is C20H27N7O2. The van der Waals surface area contributed by atoms with Gasteiger partial charge in [0.1, 0.15) is 5.69 Å². The lowest BCUT2D eigenvalue weighted by molar-refractivity contribution is 0.242. The molecule has 1 saturated heterocycles. The fourth-order valence-electron chi connectivity index (χ4n) is 3.28. The van der Waals surface area contributed by atoms with Gasteiger partial charge in [-0.25, -0.2) is 9.67 Å². The summed E-state index contributed by atoms with van der Waals surface area (Å²) in [5, 5.41) is 7.56. The Kier molecular flexibility index (Phi) is 7.05. The predicted octanol–water partition coefficient (Wildman–Crippen LogP) is -0.0302. The van der Waals surface area contributed by atoms with Crippen molar-refractivity contribution in [3.63, 3.8) is 0 Å². The molecule has 1 aliphatic heterocycles. The van der Waals surface area contributed by atoms with E-state index in [1.807, 2.05) is 11.0 Å². The van der Waals surface area contributed by atoms with Gasteiger partial charge in [-0.2, -0.15) is 5.10 Å². The highest BCUT2D eigenvalue weighted by Crippen LogP contribution is 2.19. The van der Waals surface area contributed by atoms with E-state index in [4.69, 9.17) is 10.5 Å². The SMILES string of the molecule is CC#CCN(CN1CCNCC1)c1c(N)cnn(Cc2cccnc2OC)c1=O. The zero-order valence-corrected chi connectivity index (χ0v) is 16.9. The van der Waals surface area contributed by atoms with Crippen LogP contribution < -0.4 is 26.2 Å². The molecule has 0 saturated carbocycles. The quantitative estimate of drug-likeness (QED) is 0.628. The zero-order valence-electron chi connectivity index (χ0n) is 16.9. The van der Waals surface area contributed by atoms with Crippen molar-refractivity contribution in [2.75, 3.05) is 57.1 Å². The number of aromatic nitrogens is 3. The molecule has 0 amide bonds. The van der Waals surface area contributed by atoms with Crippen LogP contribution in [0, 0.1) is 11.8 Å². The maximum absolute atomic E-state index is 13.3. The van der Waals surface area contributed by atoms with Crippen molar-refractivity contribution in [1.82, 2.24) is 25.0 Å². The first kappa shape index (κ1) is 20.6. The predicted molar refractivity (Wildman–Crippen MR) is 113 cm³/mol. The Balaban J connectivity index is 1.93. The third-order valence-corrected chi connectivity index (χ3v) is 4.75. The number of nitrogen functional groups attached to an aromatic ring is 1. The summed E-state index contributed by atoms with van der Waals surface area (Å²) in [4.78, 5) is 21.7. The third kappa shape index (κ3) is 5.04. The second kappa shape index (κ2) is 9.91. The molecule has 0 aliphatic carbocycles. The summed E-state index contributed by atoms with van der Waals surface area (Å²) in [6.07, 6.45) is 3.16. The van der Waals surface area contributed by atoms with E-state index in [-0.39, 0.29) is 12.1 Å². The standard InChI is InChI=1S/C20H27N7O2/c1-3-4-10-26(15-25-11-8-22-9-12-25)18-17(21)13-24-27(20(18)28)14-16-6-5-7-23-19(16)29-2/h5-7,13,22H,8-12,14-15,21H2,1-2H3. The average Bonchev–Trinajstić information content (AvgIpc) is 2.75. The molecule has 3 N–H and O–H groups in total. The Morgan fingerprint density at radius 2 is 2.17 bits per heavy atom. The van der Waals surface area contributed by atoms with Crippen molar-refractivity contribution in [3.8, 4) is 17.7 Å². The number of ether oxygens (including phenoxy) is 1. The molecule has 0 aromatic carbocycles. The highest BCUT2D eigenvalue weighted by Gasteiger charge is 2.20. The number of hydrogen-bond acceptors (Lipinski definition) is 8. The lowest BCUT2D eigenvalue weighted by Gasteiger charge is -2.33. The average molecular weight is 397 g/mol. The molecule has 2 aromatic rings. The van der Waals surface area contributed by atoms with Gasteiger partial charge in [-0.3, -0.25) is 9.69 Å². The van der Waals surface area contributed by atoms with Crippen molar-refractivity contribution in [3.05, 3.63) is 40.4 Å². The number of nitrogens with zero attached hydrogens (tertiary/aromatic N) is 5. The molecule has 9 heteroatoms. The van der Waals surface area contributed by atoms with E-state index in [9.17, 15) is 4.79 Å². The minimum atomic E-state index is -0.260. The molecule has 29 heavy (non-hydrogen) atoms. The molecule has 1 fully saturated rings. The molecule has 1 aliphatic rings. The topological polar surface area (TPSA) is 102 Å². The fraction of sp³-hybridized carbons (Fsp3) is 0.450. The Hall–Kier alpha value is -3.09. The third-order valence-electron chi connectivity index (χ3n) is 4.75. The van der Waals surface area contributed by atoms with Gasteiger partial charge in [0.2, 0.25) is 5.88 Å². The van der Waals surface area contributed by atoms with Crippen LogP contribution in [0.25, 0.3) is 0 Å². The molecule has 0 unspecified atom stereocenters. The first-order chi connectivity index (χ1) is 14.1. The summed E-state index contributed by atoms with van der Waals surface area (Å²) in [6.45, 7) is 6.67. The Morgan fingerprint density at radius 3 is 2.90 bits per heavy atom. The molecule has 2 aromatic heterocycles. The summed E-state index contributed by atoms with van der Waals surface area (Å²) < 4.78 is 6.68. The summed E-state index contributed by atoms with van der Waals surface area (Å²) >= 11 is 0. The molecule has 9 nitrogen and oxygen atoms in total. The number of rotatable bonds is 7. The largest absolute Gasteiger partial charge is 0.481 e. The van der Waals surface area contributed by atoms with E-state index in [0.29, 0.717) is 30.5 Å². The lowest BCUT2D eigenvalue weighted by atomic mass is 10.2. The molecule has 3 heterocycles. The van der Waals surface area contributed by atoms with Crippen LogP contribution in [0.5, 0.6) is 5.88 Å². The molecule has 3 rings (SSSR count). The summed E-state index contributed by atoms with van der Waals surface area (Å²) in [5.74, 6) is 6.43. The maximum Gasteiger partial charge on any atom is 0.292 e. The van der Waals surface area contributed by atoms with Crippen LogP contribution in [0.15, 0.2) is 29.3 Å². The van der Waals surface area contributed by atoms with Crippen molar-refractivity contribution in [2.45, 2.75) is 13.5 Å². The highest BCUT2D eigenvalue weighted by molar-refractivity contribution is 5.65. The van der Waals surface area contributed by atoms with Crippen LogP contribution in [0.3, 0.4) is 0 Å². The molecule has 0 atom stereocenters. The second-order valence-corrected chi connectivity index (χ2v) is 6.72. The van der Waals surface area contributed by atoms with Crippen molar-refractivity contribution in [1.29, 1.82) is 0 Å². The van der Waals surface area contributed by atoms with Gasteiger partial charge in [-0.15, -0.1) is 5.92 Å². The number of nitrogens with one attached hydrogen (secondary N) is 1. The fourth-order valence-corrected chi connectivity index (χ4v) is 3.28. The van der Waals surface area contributed by atoms with Crippen molar-refractivity contribution < 1.29 is 4.74 Å². The van der Waals surface area contributed by atoms with E-state index < -0.39 is 0 Å². The van der Waals surface area contributed by atoms with Gasteiger partial charge in [0.05, 0.1) is 38.8 Å². The molecular weight excluding hydrogens is 370 g/mol. The monoisotopic (exact) mass is 397 g/mol. The summed E-state index contributed by atoms with van der Waals surface area (Å²) in [5.41, 5.74) is 7.46. The molecule has 0 spiro atoms. The van der Waals surface area contributed by atoms with Gasteiger partial charge >= 0.3 is 0 Å². The number of pyridine rings is 1. The van der Waals surface area contributed by atoms with Crippen molar-refractivity contribution in [2.24, 2.45) is 0 Å². The number of nitrogens with two attached hydrogens (primary N) is 1. The van der Waals surface area contributed by atoms with E-state index in [2.05, 4.69) is 32.1 Å². The van der Waals surface area contributed by atoms with Crippen LogP contribution in [0.4, 0.5) is 11.4 Å². The van der Waals surface area contributed by atoms with Gasteiger partial charge in [0.15, 0.2) is 0 Å². The van der Waals surface area contributed by atoms with Gasteiger partial charge in [0.25, 0.3) is 5.56 Å². The van der Waals surface area contributed by atoms with Crippen LogP contribution in [-0.2, 0) is 6.54 Å². The van der Waals surface area contributed by atoms with Crippen LogP contribution in [0.1, 0.15) is 12.5 Å². The van der Waals surface area contributed by atoms with E-state index >= 15 is 0 Å². The van der Waals surface area contributed by atoms with Crippen LogP contribution >= 0.6 is 0 Å². The summed E-state index contributed by atoms with van der Waals surface area (Å²) in [6, 6.07) is 3.66. The second-order valence-electron chi connectivity index (χ2n) is 6.72. The van der Waals surface area contributed by atoms with Gasteiger partial charge < -0.3 is 20.7 Å². The van der Waals surface area contributed by atoms with Gasteiger partial charge in [0, 0.05) is 37.9 Å². The number of piperazine rings is 1. The highest BCUT2D eigenvalue weighted by atomic mass is 16.5. The van der Waals surface area contributed by atoms with Gasteiger partial charge in [-0.05, 0) is 13.0 Å². The number of anilines is 2. The van der Waals surface area contributed by atoms with E-state index in [0.717, 1.165) is 31.7 Å².